The summed E-state index contributed by atoms with van der Waals surface area (Å²) < 4.78 is 0. The number of aliphatic hydroxyl groups is 1. The molecule has 0 bridgehead atoms. The Morgan fingerprint density at radius 2 is 2.35 bits per heavy atom. The minimum absolute atomic E-state index is 0.162. The Balaban J connectivity index is 2.06. The molecule has 0 spiro atoms. The van der Waals surface area contributed by atoms with E-state index in [1.807, 2.05) is 18.4 Å². The maximum absolute atomic E-state index is 12.1. The van der Waals surface area contributed by atoms with E-state index in [9.17, 15) is 4.79 Å². The fourth-order valence-corrected chi connectivity index (χ4v) is 2.42. The summed E-state index contributed by atoms with van der Waals surface area (Å²) in [6.07, 6.45) is 3.47. The highest BCUT2D eigenvalue weighted by Gasteiger charge is 2.11. The van der Waals surface area contributed by atoms with Gasteiger partial charge in [-0.25, -0.2) is 0 Å². The number of carbonyl (C=O) groups excluding carboxylic acids is 1. The Morgan fingerprint density at radius 3 is 3.10 bits per heavy atom. The number of hydrogen-bond acceptors (Lipinski definition) is 4. The number of aliphatic hydroxyl groups excluding tert-OH is 1. The number of hydrogen-bond donors (Lipinski definition) is 2. The van der Waals surface area contributed by atoms with Crippen LogP contribution in [0.4, 0.5) is 0 Å². The lowest BCUT2D eigenvalue weighted by Gasteiger charge is -2.06. The number of aryl methyl sites for hydroxylation is 1. The molecule has 2 rings (SSSR count). The monoisotopic (exact) mass is 286 g/mol. The molecular weight excluding hydrogens is 272 g/mol. The van der Waals surface area contributed by atoms with Crippen molar-refractivity contribution in [2.24, 2.45) is 0 Å². The molecule has 0 unspecified atom stereocenters. The molecule has 1 amide bonds. The largest absolute Gasteiger partial charge is 0.384 e. The third-order valence-corrected chi connectivity index (χ3v) is 3.67. The highest BCUT2D eigenvalue weighted by atomic mass is 32.1. The second-order valence-corrected chi connectivity index (χ2v) is 5.02. The van der Waals surface area contributed by atoms with Gasteiger partial charge in [0.2, 0.25) is 0 Å². The molecule has 0 aliphatic heterocycles. The molecule has 0 aromatic carbocycles. The summed E-state index contributed by atoms with van der Waals surface area (Å²) in [6, 6.07) is 3.68. The molecule has 5 heteroatoms. The molecule has 4 nitrogen and oxygen atoms in total. The zero-order valence-electron chi connectivity index (χ0n) is 11.0. The van der Waals surface area contributed by atoms with E-state index >= 15 is 0 Å². The molecule has 2 heterocycles. The summed E-state index contributed by atoms with van der Waals surface area (Å²) in [5.74, 6) is 5.16. The van der Waals surface area contributed by atoms with Crippen LogP contribution in [-0.2, 0) is 6.54 Å². The minimum atomic E-state index is -0.216. The first-order valence-electron chi connectivity index (χ1n) is 6.07. The summed E-state index contributed by atoms with van der Waals surface area (Å²) in [5.41, 5.74) is 2.72. The lowest BCUT2D eigenvalue weighted by molar-refractivity contribution is 0.0954. The number of nitrogens with one attached hydrogen (secondary N) is 1. The van der Waals surface area contributed by atoms with E-state index in [1.165, 1.54) is 11.3 Å². The number of amides is 1. The Labute approximate surface area is 121 Å². The van der Waals surface area contributed by atoms with E-state index in [-0.39, 0.29) is 12.5 Å². The maximum atomic E-state index is 12.1. The van der Waals surface area contributed by atoms with Gasteiger partial charge in [0.1, 0.15) is 11.5 Å². The van der Waals surface area contributed by atoms with Crippen LogP contribution in [0.3, 0.4) is 0 Å². The topological polar surface area (TPSA) is 62.2 Å². The fraction of sp³-hybridized carbons (Fsp3) is 0.200. The van der Waals surface area contributed by atoms with Crippen LogP contribution in [0.5, 0.6) is 0 Å². The van der Waals surface area contributed by atoms with E-state index in [1.54, 1.807) is 18.5 Å². The normalized spacial score (nSPS) is 9.70. The standard InChI is InChI=1S/C15H14N2O2S/c1-11-4-6-16-9-13(11)10-17-15(19)14-12(3-2-7-18)5-8-20-14/h4-6,8-9,18H,7,10H2,1H3,(H,17,19). The zero-order chi connectivity index (χ0) is 14.4. The smallest absolute Gasteiger partial charge is 0.262 e. The molecule has 2 N–H and O–H groups in total. The van der Waals surface area contributed by atoms with E-state index in [0.717, 1.165) is 11.1 Å². The van der Waals surface area contributed by atoms with Crippen molar-refractivity contribution < 1.29 is 9.90 Å². The summed E-state index contributed by atoms with van der Waals surface area (Å²) in [7, 11) is 0. The number of pyridine rings is 1. The second kappa shape index (κ2) is 6.85. The van der Waals surface area contributed by atoms with Gasteiger partial charge in [-0.15, -0.1) is 11.3 Å². The predicted molar refractivity (Wildman–Crippen MR) is 78.4 cm³/mol. The first kappa shape index (κ1) is 14.3. The number of aromatic nitrogens is 1. The number of nitrogens with zero attached hydrogens (tertiary/aromatic N) is 1. The molecule has 0 fully saturated rings. The minimum Gasteiger partial charge on any atom is -0.384 e. The van der Waals surface area contributed by atoms with Gasteiger partial charge in [-0.3, -0.25) is 9.78 Å². The van der Waals surface area contributed by atoms with Gasteiger partial charge in [-0.1, -0.05) is 11.8 Å². The lowest BCUT2D eigenvalue weighted by atomic mass is 10.1. The molecule has 0 radical (unpaired) electrons. The number of thiophene rings is 1. The van der Waals surface area contributed by atoms with Crippen LogP contribution in [-0.4, -0.2) is 22.6 Å². The highest BCUT2D eigenvalue weighted by Crippen LogP contribution is 2.16. The first-order chi connectivity index (χ1) is 9.72. The zero-order valence-corrected chi connectivity index (χ0v) is 11.8. The summed E-state index contributed by atoms with van der Waals surface area (Å²) in [4.78, 5) is 16.7. The van der Waals surface area contributed by atoms with Crippen LogP contribution >= 0.6 is 11.3 Å². The quantitative estimate of drug-likeness (QED) is 0.845. The lowest BCUT2D eigenvalue weighted by Crippen LogP contribution is -2.23. The number of carbonyl (C=O) groups is 1. The van der Waals surface area contributed by atoms with Crippen molar-refractivity contribution in [3.63, 3.8) is 0 Å². The van der Waals surface area contributed by atoms with Gasteiger partial charge in [-0.2, -0.15) is 0 Å². The van der Waals surface area contributed by atoms with Crippen LogP contribution in [0.2, 0.25) is 0 Å². The van der Waals surface area contributed by atoms with Crippen LogP contribution in [0.15, 0.2) is 29.9 Å². The predicted octanol–water partition coefficient (Wildman–Crippen LogP) is 1.73. The van der Waals surface area contributed by atoms with Crippen LogP contribution < -0.4 is 5.32 Å². The van der Waals surface area contributed by atoms with Crippen molar-refractivity contribution in [3.8, 4) is 11.8 Å². The van der Waals surface area contributed by atoms with Gasteiger partial charge < -0.3 is 10.4 Å². The maximum Gasteiger partial charge on any atom is 0.262 e. The third kappa shape index (κ3) is 3.44. The first-order valence-corrected chi connectivity index (χ1v) is 6.95. The van der Waals surface area contributed by atoms with E-state index < -0.39 is 0 Å². The van der Waals surface area contributed by atoms with Gasteiger partial charge in [-0.05, 0) is 35.6 Å². The Bertz CT molecular complexity index is 668. The molecular formula is C15H14N2O2S. The van der Waals surface area contributed by atoms with Crippen LogP contribution in [0.1, 0.15) is 26.4 Å². The summed E-state index contributed by atoms with van der Waals surface area (Å²) >= 11 is 1.34. The van der Waals surface area contributed by atoms with Crippen molar-refractivity contribution in [2.45, 2.75) is 13.5 Å². The molecule has 0 aliphatic rings. The average Bonchev–Trinajstić information content (AvgIpc) is 2.92. The van der Waals surface area contributed by atoms with Gasteiger partial charge >= 0.3 is 0 Å². The van der Waals surface area contributed by atoms with Gasteiger partial charge in [0.15, 0.2) is 0 Å². The average molecular weight is 286 g/mol. The van der Waals surface area contributed by atoms with Crippen LogP contribution in [0.25, 0.3) is 0 Å². The molecule has 0 atom stereocenters. The molecule has 2 aromatic rings. The molecule has 20 heavy (non-hydrogen) atoms. The molecule has 2 aromatic heterocycles. The Hall–Kier alpha value is -2.16. The van der Waals surface area contributed by atoms with Crippen molar-refractivity contribution in [3.05, 3.63) is 51.5 Å². The molecule has 0 saturated heterocycles. The molecule has 0 saturated carbocycles. The van der Waals surface area contributed by atoms with Crippen LogP contribution in [0, 0.1) is 18.8 Å². The van der Waals surface area contributed by atoms with Gasteiger partial charge in [0, 0.05) is 24.5 Å². The van der Waals surface area contributed by atoms with E-state index in [2.05, 4.69) is 22.1 Å². The second-order valence-electron chi connectivity index (χ2n) is 4.11. The highest BCUT2D eigenvalue weighted by molar-refractivity contribution is 7.12. The number of rotatable bonds is 3. The molecule has 102 valence electrons. The van der Waals surface area contributed by atoms with E-state index in [4.69, 9.17) is 5.11 Å². The SMILES string of the molecule is Cc1ccncc1CNC(=O)c1sccc1C#CCO. The van der Waals surface area contributed by atoms with Crippen molar-refractivity contribution in [2.75, 3.05) is 6.61 Å². The Kier molecular flexibility index (Phi) is 4.88. The van der Waals surface area contributed by atoms with Crippen molar-refractivity contribution in [1.82, 2.24) is 10.3 Å². The summed E-state index contributed by atoms with van der Waals surface area (Å²) in [6.45, 7) is 2.20. The summed E-state index contributed by atoms with van der Waals surface area (Å²) in [5, 5.41) is 13.4. The van der Waals surface area contributed by atoms with Crippen molar-refractivity contribution >= 4 is 17.2 Å². The van der Waals surface area contributed by atoms with Gasteiger partial charge in [0.05, 0.1) is 0 Å². The van der Waals surface area contributed by atoms with Crippen molar-refractivity contribution in [1.29, 1.82) is 0 Å². The third-order valence-electron chi connectivity index (χ3n) is 2.76. The van der Waals surface area contributed by atoms with Gasteiger partial charge in [0.25, 0.3) is 5.91 Å². The fourth-order valence-electron chi connectivity index (χ4n) is 1.66. The Morgan fingerprint density at radius 1 is 1.50 bits per heavy atom. The van der Waals surface area contributed by atoms with E-state index in [0.29, 0.717) is 17.0 Å². The molecule has 0 aliphatic carbocycles.